The van der Waals surface area contributed by atoms with Crippen molar-refractivity contribution in [1.82, 2.24) is 10.2 Å². The molecule has 0 aliphatic carbocycles. The molecule has 2 rings (SSSR count). The van der Waals surface area contributed by atoms with Crippen LogP contribution in [0.15, 0.2) is 18.2 Å². The average Bonchev–Trinajstić information content (AvgIpc) is 2.99. The van der Waals surface area contributed by atoms with Gasteiger partial charge in [-0.25, -0.2) is 9.18 Å². The zero-order valence-corrected chi connectivity index (χ0v) is 13.5. The second-order valence-electron chi connectivity index (χ2n) is 5.59. The topological polar surface area (TPSA) is 41.6 Å². The van der Waals surface area contributed by atoms with Crippen molar-refractivity contribution in [2.45, 2.75) is 38.3 Å². The quantitative estimate of drug-likeness (QED) is 0.867. The standard InChI is InChI=1S/C16H22ClFN2O2/c1-20(8-2-4-14-5-3-9-22-14)16(21)19-11-12-6-7-13(18)10-15(12)17/h6-7,10,14H,2-5,8-9,11H2,1H3,(H,19,21)/t14-/m0/s1. The van der Waals surface area contributed by atoms with Crippen molar-refractivity contribution < 1.29 is 13.9 Å². The minimum absolute atomic E-state index is 0.160. The van der Waals surface area contributed by atoms with Gasteiger partial charge in [0.05, 0.1) is 6.10 Å². The number of urea groups is 1. The molecule has 1 atom stereocenters. The number of benzene rings is 1. The van der Waals surface area contributed by atoms with E-state index in [4.69, 9.17) is 16.3 Å². The van der Waals surface area contributed by atoms with Crippen LogP contribution >= 0.6 is 11.6 Å². The fourth-order valence-electron chi connectivity index (χ4n) is 2.50. The Morgan fingerprint density at radius 1 is 1.55 bits per heavy atom. The molecule has 0 unspecified atom stereocenters. The minimum atomic E-state index is -0.383. The Hall–Kier alpha value is -1.33. The van der Waals surface area contributed by atoms with E-state index >= 15 is 0 Å². The molecule has 1 N–H and O–H groups in total. The van der Waals surface area contributed by atoms with Crippen LogP contribution in [0.1, 0.15) is 31.2 Å². The van der Waals surface area contributed by atoms with Crippen LogP contribution < -0.4 is 5.32 Å². The number of nitrogens with one attached hydrogen (secondary N) is 1. The number of hydrogen-bond acceptors (Lipinski definition) is 2. The first-order chi connectivity index (χ1) is 10.6. The summed E-state index contributed by atoms with van der Waals surface area (Å²) in [5.74, 6) is -0.383. The highest BCUT2D eigenvalue weighted by Gasteiger charge is 2.16. The van der Waals surface area contributed by atoms with Gasteiger partial charge in [0.25, 0.3) is 0 Å². The Labute approximate surface area is 135 Å². The fourth-order valence-corrected chi connectivity index (χ4v) is 2.73. The molecule has 4 nitrogen and oxygen atoms in total. The van der Waals surface area contributed by atoms with E-state index in [0.717, 1.165) is 32.3 Å². The van der Waals surface area contributed by atoms with Gasteiger partial charge in [-0.15, -0.1) is 0 Å². The van der Waals surface area contributed by atoms with Gasteiger partial charge in [-0.2, -0.15) is 0 Å². The minimum Gasteiger partial charge on any atom is -0.378 e. The molecule has 1 aromatic rings. The maximum atomic E-state index is 13.0. The molecule has 0 radical (unpaired) electrons. The normalized spacial score (nSPS) is 17.5. The molecule has 0 spiro atoms. The molecule has 1 aromatic carbocycles. The summed E-state index contributed by atoms with van der Waals surface area (Å²) in [5.41, 5.74) is 0.698. The lowest BCUT2D eigenvalue weighted by atomic mass is 10.1. The molecule has 1 aliphatic heterocycles. The number of rotatable bonds is 6. The molecule has 1 saturated heterocycles. The summed E-state index contributed by atoms with van der Waals surface area (Å²) in [6, 6.07) is 4.00. The lowest BCUT2D eigenvalue weighted by molar-refractivity contribution is 0.100. The summed E-state index contributed by atoms with van der Waals surface area (Å²) >= 11 is 5.93. The molecule has 6 heteroatoms. The number of amides is 2. The van der Waals surface area contributed by atoms with Crippen molar-refractivity contribution in [1.29, 1.82) is 0 Å². The number of nitrogens with zero attached hydrogens (tertiary/aromatic N) is 1. The van der Waals surface area contributed by atoms with E-state index < -0.39 is 0 Å². The largest absolute Gasteiger partial charge is 0.378 e. The molecule has 22 heavy (non-hydrogen) atoms. The average molecular weight is 329 g/mol. The summed E-state index contributed by atoms with van der Waals surface area (Å²) in [4.78, 5) is 13.6. The first-order valence-corrected chi connectivity index (χ1v) is 7.98. The molecular weight excluding hydrogens is 307 g/mol. The second kappa shape index (κ2) is 8.34. The van der Waals surface area contributed by atoms with E-state index in [2.05, 4.69) is 5.32 Å². The first-order valence-electron chi connectivity index (χ1n) is 7.61. The van der Waals surface area contributed by atoms with Gasteiger partial charge in [0.1, 0.15) is 5.82 Å². The highest BCUT2D eigenvalue weighted by molar-refractivity contribution is 6.31. The van der Waals surface area contributed by atoms with Crippen LogP contribution in [-0.4, -0.2) is 37.2 Å². The van der Waals surface area contributed by atoms with Crippen molar-refractivity contribution in [3.05, 3.63) is 34.6 Å². The predicted molar refractivity (Wildman–Crippen MR) is 84.5 cm³/mol. The summed E-state index contributed by atoms with van der Waals surface area (Å²) in [7, 11) is 1.76. The van der Waals surface area contributed by atoms with Crippen molar-refractivity contribution in [2.75, 3.05) is 20.2 Å². The Kier molecular flexibility index (Phi) is 6.46. The highest BCUT2D eigenvalue weighted by Crippen LogP contribution is 2.18. The van der Waals surface area contributed by atoms with E-state index in [1.807, 2.05) is 0 Å². The fraction of sp³-hybridized carbons (Fsp3) is 0.562. The second-order valence-corrected chi connectivity index (χ2v) is 6.00. The van der Waals surface area contributed by atoms with E-state index in [-0.39, 0.29) is 18.4 Å². The zero-order valence-electron chi connectivity index (χ0n) is 12.8. The van der Waals surface area contributed by atoms with Crippen LogP contribution in [0.5, 0.6) is 0 Å². The molecule has 122 valence electrons. The van der Waals surface area contributed by atoms with Gasteiger partial charge in [-0.3, -0.25) is 0 Å². The molecule has 0 saturated carbocycles. The van der Waals surface area contributed by atoms with E-state index in [1.54, 1.807) is 18.0 Å². The van der Waals surface area contributed by atoms with Crippen LogP contribution in [0.25, 0.3) is 0 Å². The maximum Gasteiger partial charge on any atom is 0.317 e. The maximum absolute atomic E-state index is 13.0. The van der Waals surface area contributed by atoms with Crippen molar-refractivity contribution in [3.63, 3.8) is 0 Å². The van der Waals surface area contributed by atoms with Gasteiger partial charge in [-0.05, 0) is 43.4 Å². The summed E-state index contributed by atoms with van der Waals surface area (Å²) in [6.45, 7) is 1.83. The summed E-state index contributed by atoms with van der Waals surface area (Å²) in [6.07, 6.45) is 4.53. The first kappa shape index (κ1) is 17.0. The molecular formula is C16H22ClFN2O2. The Balaban J connectivity index is 1.69. The van der Waals surface area contributed by atoms with Gasteiger partial charge in [-0.1, -0.05) is 17.7 Å². The predicted octanol–water partition coefficient (Wildman–Crippen LogP) is 3.58. The van der Waals surface area contributed by atoms with Crippen LogP contribution in [0.2, 0.25) is 5.02 Å². The zero-order chi connectivity index (χ0) is 15.9. The number of halogens is 2. The van der Waals surface area contributed by atoms with Gasteiger partial charge >= 0.3 is 6.03 Å². The Bertz CT molecular complexity index is 507. The summed E-state index contributed by atoms with van der Waals surface area (Å²) in [5, 5.41) is 3.11. The molecule has 1 heterocycles. The monoisotopic (exact) mass is 328 g/mol. The van der Waals surface area contributed by atoms with Crippen LogP contribution in [0.4, 0.5) is 9.18 Å². The molecule has 2 amide bonds. The third kappa shape index (κ3) is 5.14. The van der Waals surface area contributed by atoms with Gasteiger partial charge in [0.15, 0.2) is 0 Å². The van der Waals surface area contributed by atoms with Crippen molar-refractivity contribution in [2.24, 2.45) is 0 Å². The van der Waals surface area contributed by atoms with Crippen LogP contribution in [0, 0.1) is 5.82 Å². The number of carbonyl (C=O) groups excluding carboxylic acids is 1. The molecule has 1 fully saturated rings. The number of ether oxygens (including phenoxy) is 1. The van der Waals surface area contributed by atoms with Gasteiger partial charge in [0, 0.05) is 31.8 Å². The van der Waals surface area contributed by atoms with E-state index in [1.165, 1.54) is 12.1 Å². The Morgan fingerprint density at radius 2 is 2.36 bits per heavy atom. The van der Waals surface area contributed by atoms with Crippen LogP contribution in [0.3, 0.4) is 0 Å². The lowest BCUT2D eigenvalue weighted by Crippen LogP contribution is -2.37. The smallest absolute Gasteiger partial charge is 0.317 e. The van der Waals surface area contributed by atoms with Crippen molar-refractivity contribution in [3.8, 4) is 0 Å². The van der Waals surface area contributed by atoms with E-state index in [9.17, 15) is 9.18 Å². The third-order valence-corrected chi connectivity index (χ3v) is 4.19. The van der Waals surface area contributed by atoms with E-state index in [0.29, 0.717) is 23.2 Å². The molecule has 1 aliphatic rings. The number of carbonyl (C=O) groups is 1. The molecule has 0 aromatic heterocycles. The highest BCUT2D eigenvalue weighted by atomic mass is 35.5. The van der Waals surface area contributed by atoms with Gasteiger partial charge in [0.2, 0.25) is 0 Å². The van der Waals surface area contributed by atoms with Gasteiger partial charge < -0.3 is 15.0 Å². The summed E-state index contributed by atoms with van der Waals surface area (Å²) < 4.78 is 18.5. The van der Waals surface area contributed by atoms with Crippen molar-refractivity contribution >= 4 is 17.6 Å². The third-order valence-electron chi connectivity index (χ3n) is 3.84. The Morgan fingerprint density at radius 3 is 3.05 bits per heavy atom. The SMILES string of the molecule is CN(CCC[C@H]1CCCO1)C(=O)NCc1ccc(F)cc1Cl. The lowest BCUT2D eigenvalue weighted by Gasteiger charge is -2.19. The number of hydrogen-bond donors (Lipinski definition) is 1. The molecule has 0 bridgehead atoms. The van der Waals surface area contributed by atoms with Crippen LogP contribution in [-0.2, 0) is 11.3 Å².